The van der Waals surface area contributed by atoms with E-state index < -0.39 is 48.3 Å². The summed E-state index contributed by atoms with van der Waals surface area (Å²) >= 11 is 0. The Hall–Kier alpha value is -4.87. The highest BCUT2D eigenvalue weighted by molar-refractivity contribution is 5.91. The van der Waals surface area contributed by atoms with Gasteiger partial charge < -0.3 is 52.8 Å². The minimum absolute atomic E-state index is 0.0218. The Kier molecular flexibility index (Phi) is 20.5. The zero-order valence-electron chi connectivity index (χ0n) is 31.6. The van der Waals surface area contributed by atoms with Gasteiger partial charge in [0.25, 0.3) is 0 Å². The van der Waals surface area contributed by atoms with Gasteiger partial charge in [-0.05, 0) is 56.3 Å². The fraction of sp³-hybridized carbons (Fsp3) is 0.595. The van der Waals surface area contributed by atoms with E-state index in [1.807, 2.05) is 25.1 Å². The maximum atomic E-state index is 14.0. The Morgan fingerprint density at radius 1 is 0.870 bits per heavy atom. The number of benzene rings is 1. The van der Waals surface area contributed by atoms with Gasteiger partial charge in [0.15, 0.2) is 5.78 Å². The Morgan fingerprint density at radius 3 is 2.31 bits per heavy atom. The molecule has 2 aromatic rings. The number of carbonyl (C=O) groups excluding carboxylic acids is 5. The predicted octanol–water partition coefficient (Wildman–Crippen LogP) is 0.242. The van der Waals surface area contributed by atoms with Crippen molar-refractivity contribution in [3.05, 3.63) is 35.5 Å². The second-order valence-corrected chi connectivity index (χ2v) is 13.5. The van der Waals surface area contributed by atoms with Crippen LogP contribution in [0.5, 0.6) is 0 Å². The molecule has 0 saturated carbocycles. The summed E-state index contributed by atoms with van der Waals surface area (Å²) in [6, 6.07) is 3.59. The highest BCUT2D eigenvalue weighted by atomic mass is 16.4. The fourth-order valence-electron chi connectivity index (χ4n) is 5.79. The molecule has 2 rings (SSSR count). The van der Waals surface area contributed by atoms with Crippen LogP contribution >= 0.6 is 0 Å². The number of nitrogens with two attached hydrogens (primary N) is 1. The molecule has 1 aromatic carbocycles. The smallest absolute Gasteiger partial charge is 0.328 e. The third-order valence-corrected chi connectivity index (χ3v) is 8.79. The number of carboxylic acid groups (broad SMARTS) is 2. The molecule has 0 aliphatic carbocycles. The molecule has 11 N–H and O–H groups in total. The first-order chi connectivity index (χ1) is 25.7. The zero-order chi connectivity index (χ0) is 40.0. The van der Waals surface area contributed by atoms with E-state index in [4.69, 9.17) is 10.8 Å². The van der Waals surface area contributed by atoms with Crippen molar-refractivity contribution in [3.63, 3.8) is 0 Å². The summed E-state index contributed by atoms with van der Waals surface area (Å²) in [5.41, 5.74) is 8.88. The molecule has 0 saturated heterocycles. The number of carboxylic acids is 2. The molecule has 0 aliphatic rings. The molecule has 17 heteroatoms. The van der Waals surface area contributed by atoms with Gasteiger partial charge >= 0.3 is 11.9 Å². The second-order valence-electron chi connectivity index (χ2n) is 13.5. The number of hydrogen-bond donors (Lipinski definition) is 10. The van der Waals surface area contributed by atoms with Crippen molar-refractivity contribution < 1.29 is 43.8 Å². The molecule has 0 aliphatic heterocycles. The summed E-state index contributed by atoms with van der Waals surface area (Å²) in [4.78, 5) is 89.2. The molecule has 4 atom stereocenters. The lowest BCUT2D eigenvalue weighted by atomic mass is 9.90. The highest BCUT2D eigenvalue weighted by Gasteiger charge is 2.29. The molecule has 0 unspecified atom stereocenters. The Balaban J connectivity index is 2.22. The number of fused-ring (bicyclic) bond motifs is 1. The molecule has 17 nitrogen and oxygen atoms in total. The number of ketones is 1. The molecule has 1 aromatic heterocycles. The average Bonchev–Trinajstić information content (AvgIpc) is 3.51. The SMILES string of the molecule is CCCC[C@H](N)CNCC[C@H](NCCNC(=O)CNC(C)=O)C(=O)C[C@H](Cc1c[nH]c2cc(C)ccc12)C(=O)NC[C@@H](NC(=O)CCCC(=O)O)C(=O)O. The van der Waals surface area contributed by atoms with Gasteiger partial charge in [0.1, 0.15) is 6.04 Å². The third-order valence-electron chi connectivity index (χ3n) is 8.79. The first kappa shape index (κ1) is 45.3. The van der Waals surface area contributed by atoms with Crippen molar-refractivity contribution in [2.24, 2.45) is 11.7 Å². The van der Waals surface area contributed by atoms with E-state index in [1.165, 1.54) is 6.92 Å². The highest BCUT2D eigenvalue weighted by Crippen LogP contribution is 2.24. The summed E-state index contributed by atoms with van der Waals surface area (Å²) in [5.74, 6) is -5.64. The number of aromatic nitrogens is 1. The topological polar surface area (TPSA) is 274 Å². The second kappa shape index (κ2) is 24.4. The van der Waals surface area contributed by atoms with E-state index in [1.54, 1.807) is 6.20 Å². The van der Waals surface area contributed by atoms with Crippen LogP contribution in [0.3, 0.4) is 0 Å². The number of hydrogen-bond acceptors (Lipinski definition) is 10. The van der Waals surface area contributed by atoms with Crippen molar-refractivity contribution in [2.75, 3.05) is 39.3 Å². The summed E-state index contributed by atoms with van der Waals surface area (Å²) in [6.07, 6.45) is 4.55. The number of unbranched alkanes of at least 4 members (excludes halogenated alkanes) is 1. The maximum Gasteiger partial charge on any atom is 0.328 e. The van der Waals surface area contributed by atoms with Crippen LogP contribution in [-0.2, 0) is 40.0 Å². The summed E-state index contributed by atoms with van der Waals surface area (Å²) in [5, 5.41) is 36.0. The number of carbonyl (C=O) groups is 7. The molecule has 300 valence electrons. The van der Waals surface area contributed by atoms with E-state index in [0.29, 0.717) is 19.5 Å². The summed E-state index contributed by atoms with van der Waals surface area (Å²) in [7, 11) is 0. The third kappa shape index (κ3) is 17.8. The van der Waals surface area contributed by atoms with Crippen LogP contribution in [-0.4, -0.2) is 114 Å². The molecule has 0 fully saturated rings. The number of aryl methyl sites for hydroxylation is 1. The van der Waals surface area contributed by atoms with Gasteiger partial charge in [-0.2, -0.15) is 0 Å². The normalized spacial score (nSPS) is 13.3. The molecule has 0 spiro atoms. The zero-order valence-corrected chi connectivity index (χ0v) is 31.6. The van der Waals surface area contributed by atoms with Crippen LogP contribution in [0.25, 0.3) is 10.9 Å². The van der Waals surface area contributed by atoms with E-state index in [2.05, 4.69) is 43.8 Å². The maximum absolute atomic E-state index is 14.0. The average molecular weight is 759 g/mol. The van der Waals surface area contributed by atoms with Crippen LogP contribution in [0.2, 0.25) is 0 Å². The van der Waals surface area contributed by atoms with Gasteiger partial charge in [-0.15, -0.1) is 0 Å². The standard InChI is InChI=1S/C37H58N8O9/c1-4-5-7-27(38)20-39-13-12-29(40-14-15-41-34(49)22-42-24(3)46)32(47)18-25(17-26-19-43-30-16-23(2)10-11-28(26)30)36(52)44-21-31(37(53)54)45-33(48)8-6-9-35(50)51/h10-11,16,19,25,27,29,31,39-40,43H,4-9,12-15,17-18,20-22,38H2,1-3H3,(H,41,49)(H,42,46)(H,44,52)(H,45,48)(H,50,51)(H,53,54)/t25-,27-,29-,31+/m0/s1. The monoisotopic (exact) mass is 758 g/mol. The van der Waals surface area contributed by atoms with Crippen LogP contribution in [0, 0.1) is 12.8 Å². The van der Waals surface area contributed by atoms with Crippen molar-refractivity contribution in [1.82, 2.24) is 36.9 Å². The quantitative estimate of drug-likeness (QED) is 0.0523. The number of aromatic amines is 1. The molecule has 0 radical (unpaired) electrons. The van der Waals surface area contributed by atoms with Crippen LogP contribution in [0.4, 0.5) is 0 Å². The number of rotatable bonds is 28. The van der Waals surface area contributed by atoms with E-state index >= 15 is 0 Å². The number of amides is 4. The van der Waals surface area contributed by atoms with Gasteiger partial charge in [0, 0.05) is 81.4 Å². The van der Waals surface area contributed by atoms with Crippen molar-refractivity contribution in [3.8, 4) is 0 Å². The van der Waals surface area contributed by atoms with Crippen LogP contribution in [0.1, 0.15) is 76.3 Å². The number of aliphatic carboxylic acids is 2. The predicted molar refractivity (Wildman–Crippen MR) is 202 cm³/mol. The molecule has 54 heavy (non-hydrogen) atoms. The molecular formula is C37H58N8O9. The van der Waals surface area contributed by atoms with E-state index in [-0.39, 0.29) is 75.4 Å². The van der Waals surface area contributed by atoms with Crippen LogP contribution in [0.15, 0.2) is 24.4 Å². The molecule has 1 heterocycles. The van der Waals surface area contributed by atoms with Crippen molar-refractivity contribution >= 4 is 52.3 Å². The van der Waals surface area contributed by atoms with Gasteiger partial charge in [-0.3, -0.25) is 28.8 Å². The lowest BCUT2D eigenvalue weighted by Crippen LogP contribution is -2.50. The van der Waals surface area contributed by atoms with Crippen molar-refractivity contribution in [2.45, 2.75) is 96.7 Å². The van der Waals surface area contributed by atoms with E-state index in [0.717, 1.165) is 41.3 Å². The Morgan fingerprint density at radius 2 is 1.63 bits per heavy atom. The van der Waals surface area contributed by atoms with Crippen molar-refractivity contribution in [1.29, 1.82) is 0 Å². The Labute approximate surface area is 315 Å². The molecule has 4 amide bonds. The minimum atomic E-state index is -1.48. The summed E-state index contributed by atoms with van der Waals surface area (Å²) in [6.45, 7) is 6.12. The lowest BCUT2D eigenvalue weighted by Gasteiger charge is -2.23. The fourth-order valence-corrected chi connectivity index (χ4v) is 5.79. The lowest BCUT2D eigenvalue weighted by molar-refractivity contribution is -0.142. The largest absolute Gasteiger partial charge is 0.481 e. The first-order valence-corrected chi connectivity index (χ1v) is 18.5. The van der Waals surface area contributed by atoms with Gasteiger partial charge in [-0.1, -0.05) is 31.9 Å². The van der Waals surface area contributed by atoms with Gasteiger partial charge in [-0.25, -0.2) is 4.79 Å². The number of Topliss-reactive ketones (excluding diaryl/α,β-unsaturated/α-hetero) is 1. The minimum Gasteiger partial charge on any atom is -0.481 e. The molecule has 0 bridgehead atoms. The Bertz CT molecular complexity index is 1560. The molecular weight excluding hydrogens is 700 g/mol. The van der Waals surface area contributed by atoms with Gasteiger partial charge in [0.05, 0.1) is 12.6 Å². The number of H-pyrrole nitrogens is 1. The number of nitrogens with one attached hydrogen (secondary N) is 7. The summed E-state index contributed by atoms with van der Waals surface area (Å²) < 4.78 is 0. The van der Waals surface area contributed by atoms with E-state index in [9.17, 15) is 38.7 Å². The van der Waals surface area contributed by atoms with Gasteiger partial charge in [0.2, 0.25) is 23.6 Å². The van der Waals surface area contributed by atoms with Crippen LogP contribution < -0.4 is 37.6 Å². The first-order valence-electron chi connectivity index (χ1n) is 18.5.